The molecule has 1 heterocycles. The number of carbonyl (C=O) groups is 1. The standard InChI is InChI=1S/C8H11Cl2N3O/c1-8(3-9,4-10)7(14)2-13-6-11-5-12-13/h5-6H,2-4H2,1H3. The van der Waals surface area contributed by atoms with E-state index in [9.17, 15) is 4.79 Å². The molecule has 4 nitrogen and oxygen atoms in total. The van der Waals surface area contributed by atoms with Gasteiger partial charge >= 0.3 is 0 Å². The zero-order valence-electron chi connectivity index (χ0n) is 7.78. The third-order valence-electron chi connectivity index (χ3n) is 2.04. The normalized spacial score (nSPS) is 11.6. The highest BCUT2D eigenvalue weighted by Crippen LogP contribution is 2.22. The maximum Gasteiger partial charge on any atom is 0.162 e. The first-order valence-corrected chi connectivity index (χ1v) is 5.17. The molecule has 0 fully saturated rings. The molecule has 0 atom stereocenters. The minimum Gasteiger partial charge on any atom is -0.297 e. The fourth-order valence-electron chi connectivity index (χ4n) is 0.837. The minimum atomic E-state index is -0.685. The van der Waals surface area contributed by atoms with Gasteiger partial charge in [0.2, 0.25) is 0 Å². The summed E-state index contributed by atoms with van der Waals surface area (Å²) in [5.74, 6) is 0.390. The highest BCUT2D eigenvalue weighted by atomic mass is 35.5. The molecule has 0 aliphatic heterocycles. The third-order valence-corrected chi connectivity index (χ3v) is 3.21. The molecular formula is C8H11Cl2N3O. The first-order valence-electron chi connectivity index (χ1n) is 4.10. The van der Waals surface area contributed by atoms with Gasteiger partial charge in [-0.05, 0) is 0 Å². The Labute approximate surface area is 92.2 Å². The summed E-state index contributed by atoms with van der Waals surface area (Å²) in [6, 6.07) is 0. The van der Waals surface area contributed by atoms with E-state index in [2.05, 4.69) is 10.1 Å². The lowest BCUT2D eigenvalue weighted by Gasteiger charge is -2.21. The van der Waals surface area contributed by atoms with Gasteiger partial charge in [-0.15, -0.1) is 23.2 Å². The van der Waals surface area contributed by atoms with Crippen molar-refractivity contribution in [3.8, 4) is 0 Å². The van der Waals surface area contributed by atoms with Crippen LogP contribution in [0.5, 0.6) is 0 Å². The van der Waals surface area contributed by atoms with Crippen molar-refractivity contribution in [1.82, 2.24) is 14.8 Å². The van der Waals surface area contributed by atoms with Crippen LogP contribution in [-0.4, -0.2) is 32.3 Å². The van der Waals surface area contributed by atoms with E-state index >= 15 is 0 Å². The molecule has 0 unspecified atom stereocenters. The number of alkyl halides is 2. The van der Waals surface area contributed by atoms with Gasteiger partial charge in [-0.25, -0.2) is 9.67 Å². The molecule has 6 heteroatoms. The Morgan fingerprint density at radius 1 is 1.50 bits per heavy atom. The number of hydrogen-bond donors (Lipinski definition) is 0. The summed E-state index contributed by atoms with van der Waals surface area (Å²) < 4.78 is 1.46. The molecule has 1 aromatic rings. The lowest BCUT2D eigenvalue weighted by atomic mass is 9.90. The summed E-state index contributed by atoms with van der Waals surface area (Å²) in [6.45, 7) is 1.90. The summed E-state index contributed by atoms with van der Waals surface area (Å²) in [4.78, 5) is 15.5. The molecule has 1 aromatic heterocycles. The quantitative estimate of drug-likeness (QED) is 0.724. The molecule has 0 aromatic carbocycles. The van der Waals surface area contributed by atoms with Crippen molar-refractivity contribution in [2.24, 2.45) is 5.41 Å². The smallest absolute Gasteiger partial charge is 0.162 e. The fraction of sp³-hybridized carbons (Fsp3) is 0.625. The van der Waals surface area contributed by atoms with E-state index in [0.717, 1.165) is 0 Å². The van der Waals surface area contributed by atoms with Crippen molar-refractivity contribution in [3.63, 3.8) is 0 Å². The molecule has 14 heavy (non-hydrogen) atoms. The van der Waals surface area contributed by atoms with Crippen molar-refractivity contribution >= 4 is 29.0 Å². The van der Waals surface area contributed by atoms with E-state index in [-0.39, 0.29) is 24.1 Å². The molecule has 0 bridgehead atoms. The topological polar surface area (TPSA) is 47.8 Å². The van der Waals surface area contributed by atoms with Crippen LogP contribution in [0.2, 0.25) is 0 Å². The maximum atomic E-state index is 11.7. The fourth-order valence-corrected chi connectivity index (χ4v) is 1.42. The molecule has 78 valence electrons. The van der Waals surface area contributed by atoms with Gasteiger partial charge < -0.3 is 0 Å². The van der Waals surface area contributed by atoms with Crippen LogP contribution in [-0.2, 0) is 11.3 Å². The van der Waals surface area contributed by atoms with Crippen LogP contribution >= 0.6 is 23.2 Å². The van der Waals surface area contributed by atoms with E-state index in [4.69, 9.17) is 23.2 Å². The van der Waals surface area contributed by atoms with E-state index < -0.39 is 5.41 Å². The first-order chi connectivity index (χ1) is 6.62. The average molecular weight is 236 g/mol. The Morgan fingerprint density at radius 2 is 2.14 bits per heavy atom. The summed E-state index contributed by atoms with van der Waals surface area (Å²) in [7, 11) is 0. The molecule has 0 radical (unpaired) electrons. The second-order valence-electron chi connectivity index (χ2n) is 3.34. The lowest BCUT2D eigenvalue weighted by Crippen LogP contribution is -2.34. The number of nitrogens with zero attached hydrogens (tertiary/aromatic N) is 3. The summed E-state index contributed by atoms with van der Waals surface area (Å²) in [5.41, 5.74) is -0.685. The summed E-state index contributed by atoms with van der Waals surface area (Å²) in [6.07, 6.45) is 2.87. The van der Waals surface area contributed by atoms with Crippen molar-refractivity contribution in [2.45, 2.75) is 13.5 Å². The predicted molar refractivity (Wildman–Crippen MR) is 54.6 cm³/mol. The Hall–Kier alpha value is -0.610. The second kappa shape index (κ2) is 4.75. The van der Waals surface area contributed by atoms with Gasteiger partial charge in [-0.1, -0.05) is 6.92 Å². The minimum absolute atomic E-state index is 0.0343. The number of carbonyl (C=O) groups excluding carboxylic acids is 1. The van der Waals surface area contributed by atoms with Crippen molar-refractivity contribution < 1.29 is 4.79 Å². The zero-order chi connectivity index (χ0) is 10.6. The van der Waals surface area contributed by atoms with Crippen LogP contribution < -0.4 is 0 Å². The van der Waals surface area contributed by atoms with E-state index in [1.54, 1.807) is 6.92 Å². The van der Waals surface area contributed by atoms with Crippen molar-refractivity contribution in [2.75, 3.05) is 11.8 Å². The van der Waals surface area contributed by atoms with Crippen LogP contribution in [0.3, 0.4) is 0 Å². The van der Waals surface area contributed by atoms with E-state index in [0.29, 0.717) is 0 Å². The van der Waals surface area contributed by atoms with Crippen LogP contribution in [0.15, 0.2) is 12.7 Å². The number of rotatable bonds is 5. The number of ketones is 1. The monoisotopic (exact) mass is 235 g/mol. The zero-order valence-corrected chi connectivity index (χ0v) is 9.29. The Kier molecular flexibility index (Phi) is 3.89. The predicted octanol–water partition coefficient (Wildman–Crippen LogP) is 1.33. The SMILES string of the molecule is CC(CCl)(CCl)C(=O)Cn1cncn1. The molecule has 1 rings (SSSR count). The van der Waals surface area contributed by atoms with Gasteiger partial charge in [0.25, 0.3) is 0 Å². The second-order valence-corrected chi connectivity index (χ2v) is 3.88. The largest absolute Gasteiger partial charge is 0.297 e. The molecule has 0 N–H and O–H groups in total. The van der Waals surface area contributed by atoms with Gasteiger partial charge in [-0.3, -0.25) is 4.79 Å². The van der Waals surface area contributed by atoms with Crippen molar-refractivity contribution in [1.29, 1.82) is 0 Å². The van der Waals surface area contributed by atoms with Crippen LogP contribution in [0.25, 0.3) is 0 Å². The molecule has 0 aliphatic rings. The number of halogens is 2. The molecule has 0 saturated carbocycles. The van der Waals surface area contributed by atoms with Gasteiger partial charge in [0.1, 0.15) is 19.2 Å². The highest BCUT2D eigenvalue weighted by molar-refractivity contribution is 6.24. The van der Waals surface area contributed by atoms with Crippen LogP contribution in [0.4, 0.5) is 0 Å². The maximum absolute atomic E-state index is 11.7. The van der Waals surface area contributed by atoms with Gasteiger partial charge in [0, 0.05) is 11.8 Å². The molecule has 0 amide bonds. The Balaban J connectivity index is 2.66. The van der Waals surface area contributed by atoms with Gasteiger partial charge in [0.05, 0.1) is 5.41 Å². The molecule has 0 saturated heterocycles. The third kappa shape index (κ3) is 2.45. The van der Waals surface area contributed by atoms with Crippen LogP contribution in [0, 0.1) is 5.41 Å². The number of aromatic nitrogens is 3. The lowest BCUT2D eigenvalue weighted by molar-refractivity contribution is -0.126. The highest BCUT2D eigenvalue weighted by Gasteiger charge is 2.31. The summed E-state index contributed by atoms with van der Waals surface area (Å²) in [5, 5.41) is 3.84. The molecule has 0 spiro atoms. The summed E-state index contributed by atoms with van der Waals surface area (Å²) >= 11 is 11.4. The van der Waals surface area contributed by atoms with Crippen molar-refractivity contribution in [3.05, 3.63) is 12.7 Å². The average Bonchev–Trinajstić information content (AvgIpc) is 2.69. The first kappa shape index (κ1) is 11.5. The van der Waals surface area contributed by atoms with E-state index in [1.165, 1.54) is 17.3 Å². The molecule has 0 aliphatic carbocycles. The molecular weight excluding hydrogens is 225 g/mol. The number of Topliss-reactive ketones (excluding diaryl/α,β-unsaturated/α-hetero) is 1. The van der Waals surface area contributed by atoms with Crippen LogP contribution in [0.1, 0.15) is 6.92 Å². The van der Waals surface area contributed by atoms with Gasteiger partial charge in [0.15, 0.2) is 5.78 Å². The Bertz CT molecular complexity index is 296. The Morgan fingerprint density at radius 3 is 2.57 bits per heavy atom. The number of hydrogen-bond acceptors (Lipinski definition) is 3. The van der Waals surface area contributed by atoms with E-state index in [1.807, 2.05) is 0 Å². The van der Waals surface area contributed by atoms with Gasteiger partial charge in [-0.2, -0.15) is 5.10 Å².